The van der Waals surface area contributed by atoms with Gasteiger partial charge in [0, 0.05) is 25.0 Å². The maximum atomic E-state index is 12.6. The number of amides is 1. The number of ether oxygens (including phenoxy) is 1. The standard InChI is InChI=1S/C20H25ClN2O4S/c1-15(18-7-4-5-8-19(18)21)22-20(24)9-6-14-23(2)28(25,26)17-12-10-16(27-3)11-13-17/h4-5,7-8,10-13,15H,6,9,14H2,1-3H3,(H,22,24). The molecule has 1 atom stereocenters. The van der Waals surface area contributed by atoms with Crippen LogP contribution in [0.3, 0.4) is 0 Å². The molecule has 0 saturated heterocycles. The van der Waals surface area contributed by atoms with Gasteiger partial charge in [-0.3, -0.25) is 4.79 Å². The van der Waals surface area contributed by atoms with Crippen molar-refractivity contribution in [3.8, 4) is 5.75 Å². The molecular formula is C20H25ClN2O4S. The molecule has 1 unspecified atom stereocenters. The van der Waals surface area contributed by atoms with E-state index in [1.54, 1.807) is 18.2 Å². The van der Waals surface area contributed by atoms with Crippen LogP contribution in [0.1, 0.15) is 31.4 Å². The lowest BCUT2D eigenvalue weighted by molar-refractivity contribution is -0.121. The van der Waals surface area contributed by atoms with Crippen LogP contribution in [0.25, 0.3) is 0 Å². The van der Waals surface area contributed by atoms with Gasteiger partial charge in [0.1, 0.15) is 5.75 Å². The van der Waals surface area contributed by atoms with Crippen LogP contribution in [0, 0.1) is 0 Å². The second-order valence-electron chi connectivity index (χ2n) is 6.42. The summed E-state index contributed by atoms with van der Waals surface area (Å²) in [5.41, 5.74) is 0.844. The van der Waals surface area contributed by atoms with Gasteiger partial charge in [-0.25, -0.2) is 12.7 Å². The van der Waals surface area contributed by atoms with Crippen molar-refractivity contribution in [3.05, 3.63) is 59.1 Å². The summed E-state index contributed by atoms with van der Waals surface area (Å²) in [6.45, 7) is 2.10. The van der Waals surface area contributed by atoms with Crippen LogP contribution in [-0.2, 0) is 14.8 Å². The summed E-state index contributed by atoms with van der Waals surface area (Å²) in [4.78, 5) is 12.4. The average molecular weight is 425 g/mol. The smallest absolute Gasteiger partial charge is 0.242 e. The second kappa shape index (κ2) is 9.91. The summed E-state index contributed by atoms with van der Waals surface area (Å²) in [6, 6.07) is 13.3. The lowest BCUT2D eigenvalue weighted by Crippen LogP contribution is -2.30. The Bertz CT molecular complexity index is 901. The van der Waals surface area contributed by atoms with E-state index in [0.717, 1.165) is 5.56 Å². The van der Waals surface area contributed by atoms with Crippen molar-refractivity contribution < 1.29 is 17.9 Å². The molecule has 0 aliphatic carbocycles. The van der Waals surface area contributed by atoms with Crippen LogP contribution in [0.15, 0.2) is 53.4 Å². The molecule has 1 amide bonds. The number of carbonyl (C=O) groups excluding carboxylic acids is 1. The normalized spacial score (nSPS) is 12.6. The van der Waals surface area contributed by atoms with Gasteiger partial charge in [-0.2, -0.15) is 0 Å². The number of hydrogen-bond acceptors (Lipinski definition) is 4. The van der Waals surface area contributed by atoms with E-state index in [4.69, 9.17) is 16.3 Å². The van der Waals surface area contributed by atoms with Gasteiger partial charge in [0.15, 0.2) is 0 Å². The first-order chi connectivity index (χ1) is 13.3. The topological polar surface area (TPSA) is 75.7 Å². The van der Waals surface area contributed by atoms with Crippen molar-refractivity contribution in [3.63, 3.8) is 0 Å². The van der Waals surface area contributed by atoms with E-state index < -0.39 is 10.0 Å². The summed E-state index contributed by atoms with van der Waals surface area (Å²) in [7, 11) is -0.580. The fourth-order valence-corrected chi connectivity index (χ4v) is 4.24. The Morgan fingerprint density at radius 1 is 1.18 bits per heavy atom. The Morgan fingerprint density at radius 2 is 1.82 bits per heavy atom. The second-order valence-corrected chi connectivity index (χ2v) is 8.87. The summed E-state index contributed by atoms with van der Waals surface area (Å²) in [6.07, 6.45) is 0.629. The van der Waals surface area contributed by atoms with Crippen molar-refractivity contribution in [2.24, 2.45) is 0 Å². The molecule has 0 saturated carbocycles. The molecule has 28 heavy (non-hydrogen) atoms. The number of methoxy groups -OCH3 is 1. The highest BCUT2D eigenvalue weighted by atomic mass is 35.5. The molecular weight excluding hydrogens is 400 g/mol. The molecule has 0 heterocycles. The van der Waals surface area contributed by atoms with Crippen molar-refractivity contribution in [2.75, 3.05) is 20.7 Å². The van der Waals surface area contributed by atoms with Crippen LogP contribution in [-0.4, -0.2) is 39.3 Å². The van der Waals surface area contributed by atoms with Gasteiger partial charge in [0.25, 0.3) is 0 Å². The van der Waals surface area contributed by atoms with Crippen molar-refractivity contribution in [1.29, 1.82) is 0 Å². The van der Waals surface area contributed by atoms with Crippen LogP contribution in [0.5, 0.6) is 5.75 Å². The van der Waals surface area contributed by atoms with E-state index in [0.29, 0.717) is 17.2 Å². The number of rotatable bonds is 9. The maximum absolute atomic E-state index is 12.6. The van der Waals surface area contributed by atoms with E-state index in [1.165, 1.54) is 30.6 Å². The molecule has 1 N–H and O–H groups in total. The molecule has 0 fully saturated rings. The highest BCUT2D eigenvalue weighted by molar-refractivity contribution is 7.89. The van der Waals surface area contributed by atoms with Crippen LogP contribution < -0.4 is 10.1 Å². The number of carbonyl (C=O) groups is 1. The van der Waals surface area contributed by atoms with E-state index in [-0.39, 0.29) is 29.8 Å². The summed E-state index contributed by atoms with van der Waals surface area (Å²) < 4.78 is 31.4. The van der Waals surface area contributed by atoms with Gasteiger partial charge in [0.05, 0.1) is 18.0 Å². The quantitative estimate of drug-likeness (QED) is 0.667. The van der Waals surface area contributed by atoms with E-state index in [1.807, 2.05) is 25.1 Å². The zero-order valence-corrected chi connectivity index (χ0v) is 17.8. The van der Waals surface area contributed by atoms with Crippen LogP contribution in [0.4, 0.5) is 0 Å². The fraction of sp³-hybridized carbons (Fsp3) is 0.350. The van der Waals surface area contributed by atoms with Crippen LogP contribution in [0.2, 0.25) is 5.02 Å². The Morgan fingerprint density at radius 3 is 2.43 bits per heavy atom. The molecule has 2 aromatic rings. The highest BCUT2D eigenvalue weighted by Crippen LogP contribution is 2.22. The number of nitrogens with one attached hydrogen (secondary N) is 1. The van der Waals surface area contributed by atoms with Gasteiger partial charge in [-0.1, -0.05) is 29.8 Å². The number of hydrogen-bond donors (Lipinski definition) is 1. The Balaban J connectivity index is 1.86. The molecule has 0 bridgehead atoms. The van der Waals surface area contributed by atoms with Crippen molar-refractivity contribution in [1.82, 2.24) is 9.62 Å². The molecule has 0 aliphatic rings. The molecule has 2 aromatic carbocycles. The minimum atomic E-state index is -3.60. The Hall–Kier alpha value is -2.09. The Kier molecular flexibility index (Phi) is 7.86. The summed E-state index contributed by atoms with van der Waals surface area (Å²) in [5.74, 6) is 0.438. The molecule has 2 rings (SSSR count). The number of benzene rings is 2. The van der Waals surface area contributed by atoms with E-state index in [9.17, 15) is 13.2 Å². The molecule has 0 radical (unpaired) electrons. The van der Waals surface area contributed by atoms with Crippen molar-refractivity contribution in [2.45, 2.75) is 30.7 Å². The molecule has 152 valence electrons. The molecule has 6 nitrogen and oxygen atoms in total. The first kappa shape index (κ1) is 22.2. The third-order valence-electron chi connectivity index (χ3n) is 4.39. The lowest BCUT2D eigenvalue weighted by Gasteiger charge is -2.18. The third-order valence-corrected chi connectivity index (χ3v) is 6.61. The zero-order chi connectivity index (χ0) is 20.7. The van der Waals surface area contributed by atoms with E-state index >= 15 is 0 Å². The SMILES string of the molecule is COc1ccc(S(=O)(=O)N(C)CCCC(=O)NC(C)c2ccccc2Cl)cc1. The van der Waals surface area contributed by atoms with Gasteiger partial charge >= 0.3 is 0 Å². The first-order valence-electron chi connectivity index (χ1n) is 8.90. The minimum absolute atomic E-state index is 0.150. The number of nitrogens with zero attached hydrogens (tertiary/aromatic N) is 1. The average Bonchev–Trinajstić information content (AvgIpc) is 2.68. The number of sulfonamides is 1. The predicted octanol–water partition coefficient (Wildman–Crippen LogP) is 3.63. The molecule has 0 spiro atoms. The first-order valence-corrected chi connectivity index (χ1v) is 10.7. The highest BCUT2D eigenvalue weighted by Gasteiger charge is 2.21. The lowest BCUT2D eigenvalue weighted by atomic mass is 10.1. The van der Waals surface area contributed by atoms with Gasteiger partial charge in [-0.15, -0.1) is 0 Å². The summed E-state index contributed by atoms with van der Waals surface area (Å²) >= 11 is 6.14. The third kappa shape index (κ3) is 5.70. The van der Waals surface area contributed by atoms with Gasteiger partial charge in [-0.05, 0) is 49.2 Å². The molecule has 8 heteroatoms. The fourth-order valence-electron chi connectivity index (χ4n) is 2.73. The number of halogens is 1. The van der Waals surface area contributed by atoms with Gasteiger partial charge in [0.2, 0.25) is 15.9 Å². The van der Waals surface area contributed by atoms with Crippen LogP contribution >= 0.6 is 11.6 Å². The molecule has 0 aromatic heterocycles. The Labute approximate surface area is 171 Å². The molecule has 0 aliphatic heterocycles. The van der Waals surface area contributed by atoms with Gasteiger partial charge < -0.3 is 10.1 Å². The largest absolute Gasteiger partial charge is 0.497 e. The van der Waals surface area contributed by atoms with E-state index in [2.05, 4.69) is 5.32 Å². The predicted molar refractivity (Wildman–Crippen MR) is 110 cm³/mol. The van der Waals surface area contributed by atoms with Crippen molar-refractivity contribution >= 4 is 27.5 Å². The summed E-state index contributed by atoms with van der Waals surface area (Å²) in [5, 5.41) is 3.49. The maximum Gasteiger partial charge on any atom is 0.242 e. The zero-order valence-electron chi connectivity index (χ0n) is 16.2. The minimum Gasteiger partial charge on any atom is -0.497 e. The monoisotopic (exact) mass is 424 g/mol.